The van der Waals surface area contributed by atoms with Crippen LogP contribution in [-0.2, 0) is 11.2 Å². The summed E-state index contributed by atoms with van der Waals surface area (Å²) in [7, 11) is 0. The van der Waals surface area contributed by atoms with E-state index in [0.29, 0.717) is 18.8 Å². The maximum atomic E-state index is 12.6. The van der Waals surface area contributed by atoms with E-state index in [0.717, 1.165) is 52.9 Å². The van der Waals surface area contributed by atoms with E-state index in [1.54, 1.807) is 6.20 Å². The summed E-state index contributed by atoms with van der Waals surface area (Å²) in [4.78, 5) is 20.3. The van der Waals surface area contributed by atoms with E-state index in [1.807, 2.05) is 42.7 Å². The fourth-order valence-electron chi connectivity index (χ4n) is 5.09. The maximum Gasteiger partial charge on any atom is 0.256 e. The Bertz CT molecular complexity index is 1450. The quantitative estimate of drug-likeness (QED) is 0.296. The second-order valence-corrected chi connectivity index (χ2v) is 9.54. The first-order chi connectivity index (χ1) is 17.6. The topological polar surface area (TPSA) is 105 Å². The van der Waals surface area contributed by atoms with Gasteiger partial charge in [0.1, 0.15) is 12.4 Å². The Morgan fingerprint density at radius 1 is 1.14 bits per heavy atom. The van der Waals surface area contributed by atoms with Gasteiger partial charge in [0.15, 0.2) is 0 Å². The molecule has 1 fully saturated rings. The number of pyridine rings is 1. The molecule has 0 spiro atoms. The highest BCUT2D eigenvalue weighted by molar-refractivity contribution is 6.31. The van der Waals surface area contributed by atoms with E-state index in [-0.39, 0.29) is 18.0 Å². The van der Waals surface area contributed by atoms with Crippen LogP contribution in [0.15, 0.2) is 73.2 Å². The zero-order chi connectivity index (χ0) is 24.5. The first kappa shape index (κ1) is 22.5. The summed E-state index contributed by atoms with van der Waals surface area (Å²) in [6.45, 7) is 1.38. The largest absolute Gasteiger partial charge is 0.490 e. The van der Waals surface area contributed by atoms with Crippen molar-refractivity contribution < 1.29 is 9.53 Å². The molecule has 1 saturated heterocycles. The molecule has 2 aromatic carbocycles. The van der Waals surface area contributed by atoms with E-state index in [1.165, 1.54) is 10.9 Å². The van der Waals surface area contributed by atoms with Crippen molar-refractivity contribution in [3.05, 3.63) is 84.3 Å². The molecule has 5 N–H and O–H groups in total. The molecule has 6 rings (SSSR count). The molecule has 0 radical (unpaired) electrons. The number of anilines is 1. The van der Waals surface area contributed by atoms with Crippen LogP contribution in [0.1, 0.15) is 24.0 Å². The van der Waals surface area contributed by atoms with Crippen LogP contribution in [0.5, 0.6) is 5.75 Å². The van der Waals surface area contributed by atoms with Gasteiger partial charge in [0.25, 0.3) is 5.91 Å². The normalized spacial score (nSPS) is 19.0. The molecule has 2 aromatic heterocycles. The van der Waals surface area contributed by atoms with Gasteiger partial charge in [0.2, 0.25) is 0 Å². The third-order valence-electron chi connectivity index (χ3n) is 6.94. The molecule has 1 amide bonds. The molecule has 36 heavy (non-hydrogen) atoms. The number of aromatic nitrogens is 2. The van der Waals surface area contributed by atoms with Crippen molar-refractivity contribution >= 4 is 28.1 Å². The minimum absolute atomic E-state index is 0.0461. The number of benzene rings is 2. The summed E-state index contributed by atoms with van der Waals surface area (Å²) in [5.41, 5.74) is 13.1. The van der Waals surface area contributed by atoms with Crippen molar-refractivity contribution in [3.8, 4) is 16.9 Å². The highest BCUT2D eigenvalue weighted by Crippen LogP contribution is 2.36. The maximum absolute atomic E-state index is 12.6. The van der Waals surface area contributed by atoms with Gasteiger partial charge in [0, 0.05) is 57.8 Å². The van der Waals surface area contributed by atoms with Crippen LogP contribution >= 0.6 is 0 Å². The molecule has 1 unspecified atom stereocenters. The van der Waals surface area contributed by atoms with E-state index >= 15 is 0 Å². The number of fused-ring (bicyclic) bond motifs is 2. The summed E-state index contributed by atoms with van der Waals surface area (Å²) in [6.07, 6.45) is 10.5. The third-order valence-corrected chi connectivity index (χ3v) is 6.94. The number of carbonyl (C=O) groups excluding carboxylic acids is 1. The fourth-order valence-corrected chi connectivity index (χ4v) is 5.09. The minimum Gasteiger partial charge on any atom is -0.490 e. The van der Waals surface area contributed by atoms with Crippen LogP contribution in [0.3, 0.4) is 0 Å². The molecule has 7 nitrogen and oxygen atoms in total. The smallest absolute Gasteiger partial charge is 0.256 e. The molecule has 2 aliphatic rings. The lowest BCUT2D eigenvalue weighted by Crippen LogP contribution is -2.30. The first-order valence-electron chi connectivity index (χ1n) is 12.4. The highest BCUT2D eigenvalue weighted by Gasteiger charge is 2.26. The van der Waals surface area contributed by atoms with Gasteiger partial charge in [-0.2, -0.15) is 0 Å². The third kappa shape index (κ3) is 4.51. The van der Waals surface area contributed by atoms with Gasteiger partial charge < -0.3 is 26.1 Å². The predicted octanol–water partition coefficient (Wildman–Crippen LogP) is 4.27. The number of ether oxygens (including phenoxy) is 1. The number of amides is 1. The number of nitrogens with two attached hydrogens (primary N) is 1. The van der Waals surface area contributed by atoms with Gasteiger partial charge in [-0.05, 0) is 61.2 Å². The van der Waals surface area contributed by atoms with Gasteiger partial charge in [0.05, 0.1) is 6.20 Å². The lowest BCUT2D eigenvalue weighted by atomic mass is 9.99. The number of hydrogen-bond acceptors (Lipinski definition) is 5. The van der Waals surface area contributed by atoms with Crippen LogP contribution in [0, 0.1) is 0 Å². The Morgan fingerprint density at radius 3 is 2.94 bits per heavy atom. The van der Waals surface area contributed by atoms with Crippen LogP contribution in [0.2, 0.25) is 0 Å². The lowest BCUT2D eigenvalue weighted by Gasteiger charge is -2.14. The average molecular weight is 480 g/mol. The Morgan fingerprint density at radius 2 is 2.06 bits per heavy atom. The van der Waals surface area contributed by atoms with E-state index in [9.17, 15) is 4.79 Å². The first-order valence-corrected chi connectivity index (χ1v) is 12.4. The molecule has 2 aliphatic heterocycles. The van der Waals surface area contributed by atoms with Gasteiger partial charge >= 0.3 is 0 Å². The number of nitrogens with one attached hydrogen (secondary N) is 3. The molecule has 182 valence electrons. The fraction of sp³-hybridized carbons (Fsp3) is 0.241. The van der Waals surface area contributed by atoms with Gasteiger partial charge in [-0.15, -0.1) is 0 Å². The molecule has 4 aromatic rings. The van der Waals surface area contributed by atoms with Crippen molar-refractivity contribution in [2.75, 3.05) is 18.5 Å². The molecular formula is C29H29N5O2. The summed E-state index contributed by atoms with van der Waals surface area (Å²) in [5, 5.41) is 7.61. The Kier molecular flexibility index (Phi) is 6.01. The molecule has 0 aliphatic carbocycles. The number of rotatable bonds is 7. The number of carbonyl (C=O) groups is 1. The monoisotopic (exact) mass is 479 g/mol. The summed E-state index contributed by atoms with van der Waals surface area (Å²) >= 11 is 0. The number of aromatic amines is 1. The van der Waals surface area contributed by atoms with Crippen molar-refractivity contribution in [2.24, 2.45) is 5.73 Å². The van der Waals surface area contributed by atoms with Crippen molar-refractivity contribution in [1.82, 2.24) is 15.3 Å². The lowest BCUT2D eigenvalue weighted by molar-refractivity contribution is -0.110. The number of H-pyrrole nitrogens is 1. The Balaban J connectivity index is 1.16. The summed E-state index contributed by atoms with van der Waals surface area (Å²) < 4.78 is 6.03. The van der Waals surface area contributed by atoms with Crippen LogP contribution in [0.4, 0.5) is 5.69 Å². The second kappa shape index (κ2) is 9.60. The van der Waals surface area contributed by atoms with Crippen molar-refractivity contribution in [3.63, 3.8) is 0 Å². The minimum atomic E-state index is -0.151. The zero-order valence-electron chi connectivity index (χ0n) is 20.0. The number of nitrogens with zero attached hydrogens (tertiary/aromatic N) is 1. The van der Waals surface area contributed by atoms with Gasteiger partial charge in [-0.3, -0.25) is 9.78 Å². The Labute approximate surface area is 209 Å². The van der Waals surface area contributed by atoms with Crippen molar-refractivity contribution in [1.29, 1.82) is 0 Å². The molecule has 0 saturated carbocycles. The SMILES string of the molecule is N[C@H](COc1cncc(-c2ccc3c(c2)/C(=C/C2CCCN2)C(=O)N3)c1)Cc1c[nH]c2ccccc12. The number of hydrogen-bond donors (Lipinski definition) is 4. The van der Waals surface area contributed by atoms with Crippen LogP contribution < -0.4 is 21.1 Å². The van der Waals surface area contributed by atoms with Gasteiger partial charge in [-0.25, -0.2) is 0 Å². The summed E-state index contributed by atoms with van der Waals surface area (Å²) in [6, 6.07) is 16.3. The molecule has 0 bridgehead atoms. The molecular weight excluding hydrogens is 450 g/mol. The van der Waals surface area contributed by atoms with Gasteiger partial charge in [-0.1, -0.05) is 30.3 Å². The highest BCUT2D eigenvalue weighted by atomic mass is 16.5. The van der Waals surface area contributed by atoms with Crippen LogP contribution in [-0.4, -0.2) is 41.1 Å². The van der Waals surface area contributed by atoms with Crippen molar-refractivity contribution in [2.45, 2.75) is 31.3 Å². The van der Waals surface area contributed by atoms with Crippen LogP contribution in [0.25, 0.3) is 27.6 Å². The summed E-state index contributed by atoms with van der Waals surface area (Å²) in [5.74, 6) is 0.623. The molecule has 2 atom stereocenters. The second-order valence-electron chi connectivity index (χ2n) is 9.54. The average Bonchev–Trinajstić information content (AvgIpc) is 3.63. The zero-order valence-corrected chi connectivity index (χ0v) is 20.0. The molecule has 7 heteroatoms. The molecule has 4 heterocycles. The van der Waals surface area contributed by atoms with E-state index < -0.39 is 0 Å². The van der Waals surface area contributed by atoms with E-state index in [4.69, 9.17) is 10.5 Å². The number of para-hydroxylation sites is 1. The predicted molar refractivity (Wildman–Crippen MR) is 143 cm³/mol. The standard InChI is InChI=1S/C29H29N5O2/c30-21(10-20-15-33-27-6-2-1-5-24(20)27)17-36-23-11-19(14-31-16-23)18-7-8-28-25(12-18)26(29(35)34-28)13-22-4-3-9-32-22/h1-2,5-8,11-16,21-22,32-33H,3-4,9-10,17,30H2,(H,34,35)/b26-13-/t21-,22?/m0/s1. The van der Waals surface area contributed by atoms with E-state index in [2.05, 4.69) is 44.9 Å². The Hall–Kier alpha value is -3.94.